The van der Waals surface area contributed by atoms with E-state index in [0.717, 1.165) is 19.3 Å². The van der Waals surface area contributed by atoms with Gasteiger partial charge in [0.05, 0.1) is 6.54 Å². The van der Waals surface area contributed by atoms with Gasteiger partial charge in [-0.25, -0.2) is 4.79 Å². The Morgan fingerprint density at radius 2 is 1.62 bits per heavy atom. The van der Waals surface area contributed by atoms with Gasteiger partial charge in [-0.2, -0.15) is 0 Å². The van der Waals surface area contributed by atoms with Crippen molar-refractivity contribution < 1.29 is 33.7 Å². The summed E-state index contributed by atoms with van der Waals surface area (Å²) in [5.74, 6) is -1.73. The molecule has 2 saturated heterocycles. The molecule has 0 aromatic carbocycles. The van der Waals surface area contributed by atoms with Crippen molar-refractivity contribution in [3.05, 3.63) is 0 Å². The third-order valence-electron chi connectivity index (χ3n) is 6.20. The second kappa shape index (κ2) is 9.62. The number of nitrogens with zero attached hydrogens (tertiary/aromatic N) is 1. The van der Waals surface area contributed by atoms with Crippen LogP contribution in [0.4, 0.5) is 4.79 Å². The number of likely N-dealkylation sites (tertiary alicyclic amines) is 1. The van der Waals surface area contributed by atoms with Crippen molar-refractivity contribution in [2.45, 2.75) is 128 Å². The van der Waals surface area contributed by atoms with Crippen LogP contribution in [0.2, 0.25) is 0 Å². The summed E-state index contributed by atoms with van der Waals surface area (Å²) in [6.45, 7) is 12.2. The molecule has 3 amide bonds. The summed E-state index contributed by atoms with van der Waals surface area (Å²) in [6.07, 6.45) is 1.04. The van der Waals surface area contributed by atoms with Crippen molar-refractivity contribution in [2.75, 3.05) is 6.54 Å². The molecule has 10 heteroatoms. The molecular formula is C24H41N3O7. The Bertz CT molecular complexity index is 782. The Balaban J connectivity index is 1.85. The molecule has 3 aliphatic rings. The lowest BCUT2D eigenvalue weighted by Gasteiger charge is -2.44. The molecule has 3 rings (SSSR count). The fourth-order valence-electron chi connectivity index (χ4n) is 4.88. The molecule has 1 saturated carbocycles. The van der Waals surface area contributed by atoms with E-state index < -0.39 is 59.3 Å². The van der Waals surface area contributed by atoms with Crippen LogP contribution in [0.1, 0.15) is 80.6 Å². The van der Waals surface area contributed by atoms with Crippen LogP contribution in [0.15, 0.2) is 0 Å². The molecule has 0 unspecified atom stereocenters. The average Bonchev–Trinajstić information content (AvgIpc) is 3.03. The molecule has 10 nitrogen and oxygen atoms in total. The number of rotatable bonds is 3. The lowest BCUT2D eigenvalue weighted by Crippen LogP contribution is -2.69. The van der Waals surface area contributed by atoms with E-state index in [1.807, 2.05) is 20.8 Å². The Morgan fingerprint density at radius 3 is 2.18 bits per heavy atom. The SMILES string of the molecule is C[C@H](NC(=O)OC(C)(C)C)C(=O)N1C[C@@H](O)[C@H]2OC3(CCCCC3)O[C@H]2[C@@H]1C(=O)NC(C)(C)C. The molecule has 194 valence electrons. The Kier molecular flexibility index (Phi) is 7.55. The molecule has 1 spiro atoms. The highest BCUT2D eigenvalue weighted by Gasteiger charge is 2.59. The molecule has 3 N–H and O–H groups in total. The molecule has 0 bridgehead atoms. The highest BCUT2D eigenvalue weighted by molar-refractivity contribution is 5.92. The third-order valence-corrected chi connectivity index (χ3v) is 6.20. The van der Waals surface area contributed by atoms with E-state index in [4.69, 9.17) is 14.2 Å². The van der Waals surface area contributed by atoms with Crippen LogP contribution in [-0.2, 0) is 23.8 Å². The minimum atomic E-state index is -1.03. The Morgan fingerprint density at radius 1 is 1.03 bits per heavy atom. The number of nitrogens with one attached hydrogen (secondary N) is 2. The van der Waals surface area contributed by atoms with Crippen molar-refractivity contribution in [1.82, 2.24) is 15.5 Å². The largest absolute Gasteiger partial charge is 0.444 e. The highest BCUT2D eigenvalue weighted by atomic mass is 16.8. The summed E-state index contributed by atoms with van der Waals surface area (Å²) in [5, 5.41) is 16.4. The molecule has 1 aliphatic carbocycles. The zero-order chi connectivity index (χ0) is 25.5. The number of β-amino-alcohol motifs (C(OH)–C–C–N with tert-alkyl or cyclic N) is 1. The van der Waals surface area contributed by atoms with Gasteiger partial charge >= 0.3 is 6.09 Å². The van der Waals surface area contributed by atoms with Gasteiger partial charge in [-0.1, -0.05) is 6.42 Å². The van der Waals surface area contributed by atoms with Crippen molar-refractivity contribution in [3.63, 3.8) is 0 Å². The van der Waals surface area contributed by atoms with Gasteiger partial charge in [0, 0.05) is 18.4 Å². The van der Waals surface area contributed by atoms with Crippen molar-refractivity contribution >= 4 is 17.9 Å². The number of alkyl carbamates (subject to hydrolysis) is 1. The fraction of sp³-hybridized carbons (Fsp3) is 0.875. The Labute approximate surface area is 202 Å². The van der Waals surface area contributed by atoms with Gasteiger partial charge in [0.2, 0.25) is 11.8 Å². The maximum atomic E-state index is 13.4. The molecule has 2 heterocycles. The molecule has 0 aromatic heterocycles. The van der Waals surface area contributed by atoms with Crippen LogP contribution >= 0.6 is 0 Å². The maximum Gasteiger partial charge on any atom is 0.408 e. The summed E-state index contributed by atoms with van der Waals surface area (Å²) >= 11 is 0. The van der Waals surface area contributed by atoms with Crippen molar-refractivity contribution in [1.29, 1.82) is 0 Å². The second-order valence-corrected chi connectivity index (χ2v) is 11.7. The van der Waals surface area contributed by atoms with E-state index in [-0.39, 0.29) is 12.5 Å². The van der Waals surface area contributed by atoms with Crippen LogP contribution in [0.25, 0.3) is 0 Å². The molecule has 0 aromatic rings. The minimum Gasteiger partial charge on any atom is -0.444 e. The number of piperidine rings is 1. The smallest absolute Gasteiger partial charge is 0.408 e. The monoisotopic (exact) mass is 483 g/mol. The van der Waals surface area contributed by atoms with Crippen LogP contribution in [0, 0.1) is 0 Å². The number of ether oxygens (including phenoxy) is 3. The number of aliphatic hydroxyl groups excluding tert-OH is 1. The zero-order valence-electron chi connectivity index (χ0n) is 21.5. The first-order valence-corrected chi connectivity index (χ1v) is 12.3. The summed E-state index contributed by atoms with van der Waals surface area (Å²) < 4.78 is 17.9. The molecule has 3 fully saturated rings. The van der Waals surface area contributed by atoms with Gasteiger partial charge in [-0.05, 0) is 61.3 Å². The topological polar surface area (TPSA) is 126 Å². The lowest BCUT2D eigenvalue weighted by molar-refractivity contribution is -0.199. The number of amides is 3. The van der Waals surface area contributed by atoms with Gasteiger partial charge in [-0.15, -0.1) is 0 Å². The van der Waals surface area contributed by atoms with Crippen LogP contribution in [0.5, 0.6) is 0 Å². The number of fused-ring (bicyclic) bond motifs is 1. The summed E-state index contributed by atoms with van der Waals surface area (Å²) in [6, 6.07) is -1.99. The summed E-state index contributed by atoms with van der Waals surface area (Å²) in [4.78, 5) is 40.4. The maximum absolute atomic E-state index is 13.4. The number of carbonyl (C=O) groups is 3. The van der Waals surface area contributed by atoms with Gasteiger partial charge in [0.1, 0.15) is 36.0 Å². The summed E-state index contributed by atoms with van der Waals surface area (Å²) in [5.41, 5.74) is -1.26. The number of hydrogen-bond acceptors (Lipinski definition) is 7. The highest BCUT2D eigenvalue weighted by Crippen LogP contribution is 2.44. The van der Waals surface area contributed by atoms with Crippen LogP contribution < -0.4 is 10.6 Å². The fourth-order valence-corrected chi connectivity index (χ4v) is 4.88. The van der Waals surface area contributed by atoms with E-state index in [1.54, 1.807) is 20.8 Å². The Hall–Kier alpha value is -1.91. The van der Waals surface area contributed by atoms with Gasteiger partial charge in [-0.3, -0.25) is 9.59 Å². The molecule has 5 atom stereocenters. The molecule has 34 heavy (non-hydrogen) atoms. The van der Waals surface area contributed by atoms with Gasteiger partial charge in [0.15, 0.2) is 5.79 Å². The first kappa shape index (κ1) is 26.7. The predicted molar refractivity (Wildman–Crippen MR) is 124 cm³/mol. The average molecular weight is 484 g/mol. The number of aliphatic hydroxyl groups is 1. The van der Waals surface area contributed by atoms with Crippen LogP contribution in [0.3, 0.4) is 0 Å². The third kappa shape index (κ3) is 6.20. The van der Waals surface area contributed by atoms with Gasteiger partial charge in [0.25, 0.3) is 0 Å². The second-order valence-electron chi connectivity index (χ2n) is 11.7. The van der Waals surface area contributed by atoms with E-state index in [9.17, 15) is 19.5 Å². The standard InChI is InChI=1S/C24H41N3O7/c1-14(25-21(31)34-23(5,6)7)20(30)27-13-15(28)17-18(16(27)19(29)26-22(2,3)4)33-24(32-17)11-9-8-10-12-24/h14-18,28H,8-13H2,1-7H3,(H,25,31)(H,26,29)/t14-,15+,16+,17+,18-/m0/s1. The normalized spacial score (nSPS) is 29.8. The van der Waals surface area contributed by atoms with E-state index in [2.05, 4.69) is 10.6 Å². The van der Waals surface area contributed by atoms with E-state index >= 15 is 0 Å². The molecule has 0 radical (unpaired) electrons. The van der Waals surface area contributed by atoms with Gasteiger partial charge < -0.3 is 34.9 Å². The summed E-state index contributed by atoms with van der Waals surface area (Å²) in [7, 11) is 0. The first-order valence-electron chi connectivity index (χ1n) is 12.3. The quantitative estimate of drug-likeness (QED) is 0.559. The first-order chi connectivity index (χ1) is 15.6. The minimum absolute atomic E-state index is 0.109. The van der Waals surface area contributed by atoms with E-state index in [1.165, 1.54) is 11.8 Å². The van der Waals surface area contributed by atoms with Crippen LogP contribution in [-0.4, -0.2) is 81.8 Å². The number of carbonyl (C=O) groups excluding carboxylic acids is 3. The predicted octanol–water partition coefficient (Wildman–Crippen LogP) is 1.83. The van der Waals surface area contributed by atoms with E-state index in [0.29, 0.717) is 12.8 Å². The zero-order valence-corrected chi connectivity index (χ0v) is 21.5. The van der Waals surface area contributed by atoms with Crippen molar-refractivity contribution in [2.24, 2.45) is 0 Å². The molecular weight excluding hydrogens is 442 g/mol. The lowest BCUT2D eigenvalue weighted by atomic mass is 9.91. The van der Waals surface area contributed by atoms with Crippen molar-refractivity contribution in [3.8, 4) is 0 Å². The number of hydrogen-bond donors (Lipinski definition) is 3. The molecule has 2 aliphatic heterocycles.